The average molecular weight is 319 g/mol. The maximum absolute atomic E-state index is 12.2. The van der Waals surface area contributed by atoms with Gasteiger partial charge in [0.15, 0.2) is 0 Å². The molecule has 0 bridgehead atoms. The second kappa shape index (κ2) is 8.56. The minimum atomic E-state index is -0.829. The van der Waals surface area contributed by atoms with Crippen LogP contribution < -0.4 is 10.1 Å². The summed E-state index contributed by atoms with van der Waals surface area (Å²) in [7, 11) is 1.37. The number of esters is 1. The van der Waals surface area contributed by atoms with Gasteiger partial charge in [0.05, 0.1) is 13.7 Å². The number of carbonyl (C=O) groups is 2. The molecular formula is C18H25NO4. The van der Waals surface area contributed by atoms with E-state index in [1.54, 1.807) is 0 Å². The molecule has 1 aliphatic carbocycles. The van der Waals surface area contributed by atoms with E-state index in [4.69, 9.17) is 9.47 Å². The van der Waals surface area contributed by atoms with E-state index >= 15 is 0 Å². The molecule has 0 aromatic heterocycles. The Kier molecular flexibility index (Phi) is 6.44. The molecule has 1 aromatic rings. The van der Waals surface area contributed by atoms with Gasteiger partial charge >= 0.3 is 5.97 Å². The topological polar surface area (TPSA) is 64.6 Å². The normalized spacial score (nSPS) is 16.4. The molecule has 0 unspecified atom stereocenters. The molecule has 23 heavy (non-hydrogen) atoms. The number of para-hydroxylation sites is 1. The molecule has 1 fully saturated rings. The molecule has 0 radical (unpaired) electrons. The van der Waals surface area contributed by atoms with Crippen molar-refractivity contribution in [3.63, 3.8) is 0 Å². The zero-order valence-electron chi connectivity index (χ0n) is 13.7. The van der Waals surface area contributed by atoms with Crippen LogP contribution >= 0.6 is 0 Å². The first-order valence-electron chi connectivity index (χ1n) is 8.23. The van der Waals surface area contributed by atoms with Crippen LogP contribution in [0.1, 0.15) is 44.9 Å². The highest BCUT2D eigenvalue weighted by Gasteiger charge is 2.41. The first kappa shape index (κ1) is 17.3. The van der Waals surface area contributed by atoms with Gasteiger partial charge in [0.2, 0.25) is 5.91 Å². The van der Waals surface area contributed by atoms with Gasteiger partial charge in [0, 0.05) is 6.42 Å². The van der Waals surface area contributed by atoms with Gasteiger partial charge in [0.25, 0.3) is 0 Å². The van der Waals surface area contributed by atoms with Crippen LogP contribution in [-0.4, -0.2) is 31.1 Å². The molecule has 0 spiro atoms. The summed E-state index contributed by atoms with van der Waals surface area (Å²) in [5.74, 6) is 0.353. The van der Waals surface area contributed by atoms with E-state index in [0.717, 1.165) is 25.0 Å². The summed E-state index contributed by atoms with van der Waals surface area (Å²) < 4.78 is 10.5. The first-order valence-corrected chi connectivity index (χ1v) is 8.23. The van der Waals surface area contributed by atoms with Gasteiger partial charge in [-0.05, 0) is 31.4 Å². The molecule has 1 aromatic carbocycles. The zero-order valence-corrected chi connectivity index (χ0v) is 13.7. The molecule has 2 rings (SSSR count). The summed E-state index contributed by atoms with van der Waals surface area (Å²) >= 11 is 0. The maximum Gasteiger partial charge on any atom is 0.331 e. The lowest BCUT2D eigenvalue weighted by molar-refractivity contribution is -0.152. The van der Waals surface area contributed by atoms with E-state index < -0.39 is 5.54 Å². The van der Waals surface area contributed by atoms with Crippen molar-refractivity contribution in [3.8, 4) is 5.75 Å². The van der Waals surface area contributed by atoms with E-state index in [0.29, 0.717) is 32.3 Å². The number of ether oxygens (including phenoxy) is 2. The molecule has 126 valence electrons. The highest BCUT2D eigenvalue weighted by Crippen LogP contribution is 2.29. The van der Waals surface area contributed by atoms with Crippen molar-refractivity contribution in [2.24, 2.45) is 0 Å². The van der Waals surface area contributed by atoms with Gasteiger partial charge < -0.3 is 14.8 Å². The third kappa shape index (κ3) is 4.98. The summed E-state index contributed by atoms with van der Waals surface area (Å²) in [4.78, 5) is 24.3. The summed E-state index contributed by atoms with van der Waals surface area (Å²) in [5, 5.41) is 2.91. The minimum Gasteiger partial charge on any atom is -0.494 e. The fourth-order valence-corrected chi connectivity index (χ4v) is 3.00. The minimum absolute atomic E-state index is 0.117. The van der Waals surface area contributed by atoms with E-state index in [9.17, 15) is 9.59 Å². The second-order valence-electron chi connectivity index (χ2n) is 5.95. The molecule has 0 aliphatic heterocycles. The Balaban J connectivity index is 1.77. The lowest BCUT2D eigenvalue weighted by Gasteiger charge is -2.35. The smallest absolute Gasteiger partial charge is 0.331 e. The fourth-order valence-electron chi connectivity index (χ4n) is 3.00. The highest BCUT2D eigenvalue weighted by molar-refractivity contribution is 5.88. The lowest BCUT2D eigenvalue weighted by atomic mass is 9.81. The maximum atomic E-state index is 12.2. The van der Waals surface area contributed by atoms with Crippen LogP contribution in [0.15, 0.2) is 30.3 Å². The molecule has 1 aliphatic rings. The predicted molar refractivity (Wildman–Crippen MR) is 87.1 cm³/mol. The van der Waals surface area contributed by atoms with Crippen LogP contribution in [0.2, 0.25) is 0 Å². The van der Waals surface area contributed by atoms with E-state index in [1.807, 2.05) is 30.3 Å². The Hall–Kier alpha value is -2.04. The lowest BCUT2D eigenvalue weighted by Crippen LogP contribution is -2.56. The Bertz CT molecular complexity index is 509. The molecule has 5 nitrogen and oxygen atoms in total. The van der Waals surface area contributed by atoms with Crippen molar-refractivity contribution in [1.82, 2.24) is 5.32 Å². The summed E-state index contributed by atoms with van der Waals surface area (Å²) in [6.07, 6.45) is 5.24. The van der Waals surface area contributed by atoms with E-state index in [1.165, 1.54) is 7.11 Å². The summed E-state index contributed by atoms with van der Waals surface area (Å²) in [6, 6.07) is 9.51. The second-order valence-corrected chi connectivity index (χ2v) is 5.95. The quantitative estimate of drug-likeness (QED) is 0.620. The van der Waals surface area contributed by atoms with Crippen molar-refractivity contribution in [3.05, 3.63) is 30.3 Å². The number of benzene rings is 1. The number of methoxy groups -OCH3 is 1. The molecule has 0 heterocycles. The Morgan fingerprint density at radius 1 is 1.13 bits per heavy atom. The molecular weight excluding hydrogens is 294 g/mol. The first-order chi connectivity index (χ1) is 11.2. The number of carbonyl (C=O) groups excluding carboxylic acids is 2. The Morgan fingerprint density at radius 2 is 1.83 bits per heavy atom. The number of hydrogen-bond donors (Lipinski definition) is 1. The fraction of sp³-hybridized carbons (Fsp3) is 0.556. The van der Waals surface area contributed by atoms with Gasteiger partial charge in [-0.3, -0.25) is 4.79 Å². The van der Waals surface area contributed by atoms with E-state index in [-0.39, 0.29) is 11.9 Å². The van der Waals surface area contributed by atoms with Crippen LogP contribution in [0.3, 0.4) is 0 Å². The average Bonchev–Trinajstić information content (AvgIpc) is 2.59. The van der Waals surface area contributed by atoms with Crippen molar-refractivity contribution >= 4 is 11.9 Å². The number of amides is 1. The largest absolute Gasteiger partial charge is 0.494 e. The van der Waals surface area contributed by atoms with Crippen LogP contribution in [0.4, 0.5) is 0 Å². The van der Waals surface area contributed by atoms with Crippen molar-refractivity contribution < 1.29 is 19.1 Å². The Labute approximate surface area is 137 Å². The van der Waals surface area contributed by atoms with Gasteiger partial charge in [0.1, 0.15) is 11.3 Å². The van der Waals surface area contributed by atoms with Crippen molar-refractivity contribution in [1.29, 1.82) is 0 Å². The van der Waals surface area contributed by atoms with Crippen molar-refractivity contribution in [2.45, 2.75) is 50.5 Å². The molecule has 1 saturated carbocycles. The van der Waals surface area contributed by atoms with Gasteiger partial charge in [-0.25, -0.2) is 4.79 Å². The monoisotopic (exact) mass is 319 g/mol. The summed E-state index contributed by atoms with van der Waals surface area (Å²) in [5.41, 5.74) is -0.829. The molecule has 5 heteroatoms. The third-order valence-corrected chi connectivity index (χ3v) is 4.22. The zero-order chi connectivity index (χ0) is 16.5. The molecule has 1 amide bonds. The molecule has 0 atom stereocenters. The van der Waals surface area contributed by atoms with Crippen LogP contribution in [0, 0.1) is 0 Å². The van der Waals surface area contributed by atoms with Crippen LogP contribution in [-0.2, 0) is 14.3 Å². The van der Waals surface area contributed by atoms with Gasteiger partial charge in [-0.15, -0.1) is 0 Å². The Morgan fingerprint density at radius 3 is 2.48 bits per heavy atom. The van der Waals surface area contributed by atoms with Gasteiger partial charge in [-0.1, -0.05) is 37.5 Å². The standard InChI is InChI=1S/C18H25NO4/c1-22-17(21)18(12-6-3-7-13-18)19-16(20)11-8-14-23-15-9-4-2-5-10-15/h2,4-5,9-10H,3,6-8,11-14H2,1H3,(H,19,20). The van der Waals surface area contributed by atoms with Crippen molar-refractivity contribution in [2.75, 3.05) is 13.7 Å². The molecule has 0 saturated heterocycles. The van der Waals surface area contributed by atoms with E-state index in [2.05, 4.69) is 5.32 Å². The predicted octanol–water partition coefficient (Wildman–Crippen LogP) is 2.84. The number of hydrogen-bond acceptors (Lipinski definition) is 4. The SMILES string of the molecule is COC(=O)C1(NC(=O)CCCOc2ccccc2)CCCCC1. The number of nitrogens with one attached hydrogen (secondary N) is 1. The molecule has 1 N–H and O–H groups in total. The highest BCUT2D eigenvalue weighted by atomic mass is 16.5. The van der Waals surface area contributed by atoms with Crippen LogP contribution in [0.5, 0.6) is 5.75 Å². The van der Waals surface area contributed by atoms with Gasteiger partial charge in [-0.2, -0.15) is 0 Å². The number of rotatable bonds is 7. The van der Waals surface area contributed by atoms with Crippen LogP contribution in [0.25, 0.3) is 0 Å². The summed E-state index contributed by atoms with van der Waals surface area (Å²) in [6.45, 7) is 0.475. The third-order valence-electron chi connectivity index (χ3n) is 4.22.